The van der Waals surface area contributed by atoms with Crippen molar-refractivity contribution in [3.05, 3.63) is 47.7 Å². The lowest BCUT2D eigenvalue weighted by atomic mass is 10.2. The SMILES string of the molecule is Cc1ccc(O)c(CNC(COCC(C)C)c2ccco2)n1. The van der Waals surface area contributed by atoms with Crippen molar-refractivity contribution in [2.24, 2.45) is 5.92 Å². The van der Waals surface area contributed by atoms with Gasteiger partial charge in [0.05, 0.1) is 24.6 Å². The number of aryl methyl sites for hydroxylation is 1. The average Bonchev–Trinajstić information content (AvgIpc) is 2.99. The van der Waals surface area contributed by atoms with Crippen LogP contribution in [0.4, 0.5) is 0 Å². The Balaban J connectivity index is 1.98. The Morgan fingerprint density at radius 3 is 2.77 bits per heavy atom. The molecule has 5 heteroatoms. The lowest BCUT2D eigenvalue weighted by Gasteiger charge is -2.18. The molecule has 0 fully saturated rings. The summed E-state index contributed by atoms with van der Waals surface area (Å²) in [5, 5.41) is 13.2. The summed E-state index contributed by atoms with van der Waals surface area (Å²) >= 11 is 0. The minimum absolute atomic E-state index is 0.0736. The fourth-order valence-electron chi connectivity index (χ4n) is 2.11. The van der Waals surface area contributed by atoms with E-state index < -0.39 is 0 Å². The minimum atomic E-state index is -0.0736. The third-order valence-electron chi connectivity index (χ3n) is 3.23. The minimum Gasteiger partial charge on any atom is -0.506 e. The lowest BCUT2D eigenvalue weighted by molar-refractivity contribution is 0.0843. The summed E-state index contributed by atoms with van der Waals surface area (Å²) in [6, 6.07) is 7.15. The molecule has 22 heavy (non-hydrogen) atoms. The van der Waals surface area contributed by atoms with Crippen molar-refractivity contribution in [3.63, 3.8) is 0 Å². The highest BCUT2D eigenvalue weighted by Gasteiger charge is 2.16. The van der Waals surface area contributed by atoms with Crippen LogP contribution in [0.25, 0.3) is 0 Å². The van der Waals surface area contributed by atoms with Gasteiger partial charge in [0.1, 0.15) is 11.5 Å². The van der Waals surface area contributed by atoms with E-state index in [1.165, 1.54) is 0 Å². The van der Waals surface area contributed by atoms with E-state index in [2.05, 4.69) is 24.1 Å². The summed E-state index contributed by atoms with van der Waals surface area (Å²) in [5.74, 6) is 1.50. The maximum absolute atomic E-state index is 9.87. The Bertz CT molecular complexity index is 567. The van der Waals surface area contributed by atoms with Crippen LogP contribution in [0, 0.1) is 12.8 Å². The molecule has 0 saturated carbocycles. The van der Waals surface area contributed by atoms with Crippen molar-refractivity contribution in [2.45, 2.75) is 33.4 Å². The molecule has 2 heterocycles. The number of nitrogens with one attached hydrogen (secondary N) is 1. The molecular formula is C17H24N2O3. The Kier molecular flexibility index (Phi) is 5.98. The van der Waals surface area contributed by atoms with Gasteiger partial charge in [-0.1, -0.05) is 13.8 Å². The summed E-state index contributed by atoms with van der Waals surface area (Å²) in [7, 11) is 0. The van der Waals surface area contributed by atoms with Crippen molar-refractivity contribution in [1.82, 2.24) is 10.3 Å². The van der Waals surface area contributed by atoms with Crippen molar-refractivity contribution < 1.29 is 14.3 Å². The van der Waals surface area contributed by atoms with Crippen LogP contribution in [-0.2, 0) is 11.3 Å². The smallest absolute Gasteiger partial charge is 0.138 e. The van der Waals surface area contributed by atoms with Crippen LogP contribution in [0.3, 0.4) is 0 Å². The van der Waals surface area contributed by atoms with E-state index in [4.69, 9.17) is 9.15 Å². The van der Waals surface area contributed by atoms with Gasteiger partial charge in [0.2, 0.25) is 0 Å². The molecule has 2 rings (SSSR count). The molecule has 0 amide bonds. The molecule has 0 spiro atoms. The largest absolute Gasteiger partial charge is 0.506 e. The molecule has 0 radical (unpaired) electrons. The number of ether oxygens (including phenoxy) is 1. The first kappa shape index (κ1) is 16.5. The summed E-state index contributed by atoms with van der Waals surface area (Å²) in [4.78, 5) is 4.35. The van der Waals surface area contributed by atoms with Crippen LogP contribution in [0.5, 0.6) is 5.75 Å². The number of hydrogen-bond donors (Lipinski definition) is 2. The molecule has 0 saturated heterocycles. The second-order valence-corrected chi connectivity index (χ2v) is 5.80. The van der Waals surface area contributed by atoms with Gasteiger partial charge in [-0.3, -0.25) is 10.3 Å². The first-order valence-corrected chi connectivity index (χ1v) is 7.56. The standard InChI is InChI=1S/C17H24N2O3/c1-12(2)10-21-11-15(17-5-4-8-22-17)18-9-14-16(20)7-6-13(3)19-14/h4-8,12,15,18,20H,9-11H2,1-3H3. The molecule has 2 aromatic heterocycles. The van der Waals surface area contributed by atoms with Gasteiger partial charge in [-0.05, 0) is 37.1 Å². The van der Waals surface area contributed by atoms with Gasteiger partial charge in [0, 0.05) is 18.8 Å². The van der Waals surface area contributed by atoms with Gasteiger partial charge in [0.15, 0.2) is 0 Å². The molecule has 0 aliphatic heterocycles. The maximum Gasteiger partial charge on any atom is 0.138 e. The Labute approximate surface area is 131 Å². The molecule has 0 aromatic carbocycles. The molecule has 1 atom stereocenters. The number of hydrogen-bond acceptors (Lipinski definition) is 5. The van der Waals surface area contributed by atoms with E-state index >= 15 is 0 Å². The summed E-state index contributed by atoms with van der Waals surface area (Å²) in [6.07, 6.45) is 1.65. The number of aromatic hydroxyl groups is 1. The van der Waals surface area contributed by atoms with Crippen LogP contribution in [0.1, 0.15) is 37.0 Å². The maximum atomic E-state index is 9.87. The van der Waals surface area contributed by atoms with Crippen LogP contribution >= 0.6 is 0 Å². The van der Waals surface area contributed by atoms with E-state index in [0.717, 1.165) is 11.5 Å². The van der Waals surface area contributed by atoms with Gasteiger partial charge in [-0.2, -0.15) is 0 Å². The molecule has 2 aromatic rings. The van der Waals surface area contributed by atoms with E-state index in [0.29, 0.717) is 31.4 Å². The van der Waals surface area contributed by atoms with Crippen LogP contribution in [0.15, 0.2) is 34.9 Å². The number of furan rings is 1. The van der Waals surface area contributed by atoms with E-state index in [9.17, 15) is 5.11 Å². The number of rotatable bonds is 8. The van der Waals surface area contributed by atoms with Crippen molar-refractivity contribution in [3.8, 4) is 5.75 Å². The van der Waals surface area contributed by atoms with E-state index in [1.807, 2.05) is 19.1 Å². The lowest BCUT2D eigenvalue weighted by Crippen LogP contribution is -2.26. The molecular weight excluding hydrogens is 280 g/mol. The van der Waals surface area contributed by atoms with Gasteiger partial charge >= 0.3 is 0 Å². The van der Waals surface area contributed by atoms with Crippen LogP contribution < -0.4 is 5.32 Å². The second kappa shape index (κ2) is 7.96. The van der Waals surface area contributed by atoms with Crippen molar-refractivity contribution in [1.29, 1.82) is 0 Å². The van der Waals surface area contributed by atoms with Gasteiger partial charge in [-0.15, -0.1) is 0 Å². The summed E-state index contributed by atoms with van der Waals surface area (Å²) in [6.45, 7) is 7.79. The summed E-state index contributed by atoms with van der Waals surface area (Å²) in [5.41, 5.74) is 1.50. The predicted molar refractivity (Wildman–Crippen MR) is 84.6 cm³/mol. The fraction of sp³-hybridized carbons (Fsp3) is 0.471. The Morgan fingerprint density at radius 2 is 2.09 bits per heavy atom. The fourth-order valence-corrected chi connectivity index (χ4v) is 2.11. The van der Waals surface area contributed by atoms with Crippen molar-refractivity contribution in [2.75, 3.05) is 13.2 Å². The third-order valence-corrected chi connectivity index (χ3v) is 3.23. The topological polar surface area (TPSA) is 67.5 Å². The summed E-state index contributed by atoms with van der Waals surface area (Å²) < 4.78 is 11.2. The monoisotopic (exact) mass is 304 g/mol. The number of nitrogens with zero attached hydrogens (tertiary/aromatic N) is 1. The van der Waals surface area contributed by atoms with Crippen molar-refractivity contribution >= 4 is 0 Å². The quantitative estimate of drug-likeness (QED) is 0.784. The zero-order chi connectivity index (χ0) is 15.9. The highest BCUT2D eigenvalue weighted by Crippen LogP contribution is 2.18. The first-order chi connectivity index (χ1) is 10.6. The molecule has 1 unspecified atom stereocenters. The third kappa shape index (κ3) is 4.86. The normalized spacial score (nSPS) is 12.7. The van der Waals surface area contributed by atoms with Gasteiger partial charge < -0.3 is 14.3 Å². The van der Waals surface area contributed by atoms with E-state index in [-0.39, 0.29) is 11.8 Å². The Hall–Kier alpha value is -1.85. The highest BCUT2D eigenvalue weighted by atomic mass is 16.5. The molecule has 0 aliphatic rings. The second-order valence-electron chi connectivity index (χ2n) is 5.80. The van der Waals surface area contributed by atoms with Gasteiger partial charge in [0.25, 0.3) is 0 Å². The zero-order valence-electron chi connectivity index (χ0n) is 13.4. The highest BCUT2D eigenvalue weighted by molar-refractivity contribution is 5.27. The van der Waals surface area contributed by atoms with Crippen LogP contribution in [-0.4, -0.2) is 23.3 Å². The van der Waals surface area contributed by atoms with Crippen LogP contribution in [0.2, 0.25) is 0 Å². The molecule has 0 aliphatic carbocycles. The number of pyridine rings is 1. The van der Waals surface area contributed by atoms with E-state index in [1.54, 1.807) is 18.4 Å². The zero-order valence-corrected chi connectivity index (χ0v) is 13.4. The Morgan fingerprint density at radius 1 is 1.27 bits per heavy atom. The van der Waals surface area contributed by atoms with Gasteiger partial charge in [-0.25, -0.2) is 0 Å². The predicted octanol–water partition coefficient (Wildman–Crippen LogP) is 3.19. The number of aromatic nitrogens is 1. The molecule has 5 nitrogen and oxygen atoms in total. The average molecular weight is 304 g/mol. The first-order valence-electron chi connectivity index (χ1n) is 7.56. The molecule has 120 valence electrons. The molecule has 0 bridgehead atoms. The molecule has 2 N–H and O–H groups in total.